The van der Waals surface area contributed by atoms with Gasteiger partial charge in [0, 0.05) is 13.1 Å². The third-order valence-corrected chi connectivity index (χ3v) is 2.70. The fourth-order valence-corrected chi connectivity index (χ4v) is 1.88. The number of amides is 1. The molecule has 0 bridgehead atoms. The van der Waals surface area contributed by atoms with Gasteiger partial charge in [0.1, 0.15) is 13.2 Å². The van der Waals surface area contributed by atoms with Crippen molar-refractivity contribution in [2.75, 3.05) is 32.8 Å². The maximum absolute atomic E-state index is 11.8. The van der Waals surface area contributed by atoms with Crippen LogP contribution < -0.4 is 5.73 Å². The van der Waals surface area contributed by atoms with Crippen LogP contribution in [0.4, 0.5) is 13.2 Å². The average molecular weight is 254 g/mol. The first-order valence-electron chi connectivity index (χ1n) is 5.54. The molecule has 1 unspecified atom stereocenters. The molecule has 0 aromatic heterocycles. The molecule has 1 aliphatic rings. The van der Waals surface area contributed by atoms with Gasteiger partial charge in [-0.05, 0) is 25.3 Å². The van der Waals surface area contributed by atoms with Crippen molar-refractivity contribution < 1.29 is 22.7 Å². The Hall–Kier alpha value is -0.820. The molecule has 0 aromatic carbocycles. The molecule has 1 aliphatic heterocycles. The summed E-state index contributed by atoms with van der Waals surface area (Å²) in [5.41, 5.74) is 5.40. The monoisotopic (exact) mass is 254 g/mol. The minimum absolute atomic E-state index is 0.367. The van der Waals surface area contributed by atoms with Crippen LogP contribution in [0.2, 0.25) is 0 Å². The van der Waals surface area contributed by atoms with E-state index in [1.807, 2.05) is 0 Å². The van der Waals surface area contributed by atoms with E-state index in [9.17, 15) is 18.0 Å². The van der Waals surface area contributed by atoms with E-state index < -0.39 is 19.4 Å². The van der Waals surface area contributed by atoms with Crippen molar-refractivity contribution in [3.63, 3.8) is 0 Å². The Bertz CT molecular complexity index is 258. The Balaban J connectivity index is 2.21. The second-order valence-corrected chi connectivity index (χ2v) is 4.18. The molecule has 0 spiro atoms. The molecular weight excluding hydrogens is 237 g/mol. The van der Waals surface area contributed by atoms with Crippen molar-refractivity contribution in [2.24, 2.45) is 11.7 Å². The molecule has 1 rings (SSSR count). The molecule has 0 aromatic rings. The summed E-state index contributed by atoms with van der Waals surface area (Å²) in [5, 5.41) is 0. The summed E-state index contributed by atoms with van der Waals surface area (Å²) in [6.45, 7) is -0.158. The van der Waals surface area contributed by atoms with Gasteiger partial charge in [-0.25, -0.2) is 0 Å². The first-order valence-corrected chi connectivity index (χ1v) is 5.54. The van der Waals surface area contributed by atoms with E-state index in [1.54, 1.807) is 0 Å². The number of carbonyl (C=O) groups excluding carboxylic acids is 1. The lowest BCUT2D eigenvalue weighted by molar-refractivity contribution is -0.177. The molecule has 100 valence electrons. The minimum Gasteiger partial charge on any atom is -0.362 e. The minimum atomic E-state index is -4.38. The van der Waals surface area contributed by atoms with E-state index in [0.29, 0.717) is 25.6 Å². The fraction of sp³-hybridized carbons (Fsp3) is 0.900. The van der Waals surface area contributed by atoms with Gasteiger partial charge in [-0.15, -0.1) is 0 Å². The standard InChI is InChI=1S/C10H17F3N2O2/c11-10(12,13)7-17-6-9(16)15-4-2-8(5-15)1-3-14/h8H,1-7,14H2. The molecule has 0 radical (unpaired) electrons. The summed E-state index contributed by atoms with van der Waals surface area (Å²) in [6, 6.07) is 0. The van der Waals surface area contributed by atoms with Crippen molar-refractivity contribution in [3.05, 3.63) is 0 Å². The summed E-state index contributed by atoms with van der Waals surface area (Å²) in [5.74, 6) is -0.0136. The van der Waals surface area contributed by atoms with Crippen molar-refractivity contribution >= 4 is 5.91 Å². The number of hydrogen-bond acceptors (Lipinski definition) is 3. The Morgan fingerprint density at radius 3 is 2.76 bits per heavy atom. The number of hydrogen-bond donors (Lipinski definition) is 1. The molecule has 4 nitrogen and oxygen atoms in total. The van der Waals surface area contributed by atoms with E-state index in [2.05, 4.69) is 4.74 Å². The SMILES string of the molecule is NCCC1CCN(C(=O)COCC(F)(F)F)C1. The lowest BCUT2D eigenvalue weighted by atomic mass is 10.1. The lowest BCUT2D eigenvalue weighted by Gasteiger charge is -2.16. The van der Waals surface area contributed by atoms with Crippen molar-refractivity contribution in [1.82, 2.24) is 4.90 Å². The molecule has 1 saturated heterocycles. The molecule has 2 N–H and O–H groups in total. The van der Waals surface area contributed by atoms with Crippen LogP contribution in [0, 0.1) is 5.92 Å². The molecule has 17 heavy (non-hydrogen) atoms. The fourth-order valence-electron chi connectivity index (χ4n) is 1.88. The van der Waals surface area contributed by atoms with Crippen LogP contribution in [0.25, 0.3) is 0 Å². The predicted molar refractivity (Wildman–Crippen MR) is 55.2 cm³/mol. The van der Waals surface area contributed by atoms with E-state index in [1.165, 1.54) is 4.90 Å². The van der Waals surface area contributed by atoms with Crippen molar-refractivity contribution in [1.29, 1.82) is 0 Å². The Labute approximate surface area is 97.9 Å². The molecule has 0 aliphatic carbocycles. The number of carbonyl (C=O) groups is 1. The molecule has 1 heterocycles. The second-order valence-electron chi connectivity index (χ2n) is 4.18. The smallest absolute Gasteiger partial charge is 0.362 e. The Kier molecular flexibility index (Phi) is 5.20. The third kappa shape index (κ3) is 5.36. The van der Waals surface area contributed by atoms with Crippen LogP contribution in [-0.4, -0.2) is 49.8 Å². The molecular formula is C10H17F3N2O2. The zero-order valence-electron chi connectivity index (χ0n) is 9.50. The zero-order chi connectivity index (χ0) is 12.9. The van der Waals surface area contributed by atoms with Crippen LogP contribution in [0.15, 0.2) is 0 Å². The van der Waals surface area contributed by atoms with Crippen molar-refractivity contribution in [3.8, 4) is 0 Å². The number of halogens is 3. The van der Waals surface area contributed by atoms with Crippen LogP contribution in [0.1, 0.15) is 12.8 Å². The molecule has 1 fully saturated rings. The van der Waals surface area contributed by atoms with Gasteiger partial charge in [0.2, 0.25) is 5.91 Å². The largest absolute Gasteiger partial charge is 0.411 e. The van der Waals surface area contributed by atoms with Gasteiger partial charge in [0.05, 0.1) is 0 Å². The van der Waals surface area contributed by atoms with Crippen LogP contribution in [-0.2, 0) is 9.53 Å². The van der Waals surface area contributed by atoms with Crippen LogP contribution in [0.3, 0.4) is 0 Å². The Morgan fingerprint density at radius 2 is 2.18 bits per heavy atom. The maximum atomic E-state index is 11.8. The number of nitrogens with zero attached hydrogens (tertiary/aromatic N) is 1. The van der Waals surface area contributed by atoms with E-state index in [-0.39, 0.29) is 5.91 Å². The summed E-state index contributed by atoms with van der Waals surface area (Å²) in [4.78, 5) is 13.0. The predicted octanol–water partition coefficient (Wildman–Crippen LogP) is 0.763. The second kappa shape index (κ2) is 6.20. The number of nitrogens with two attached hydrogens (primary N) is 1. The van der Waals surface area contributed by atoms with E-state index in [0.717, 1.165) is 12.8 Å². The van der Waals surface area contributed by atoms with Crippen molar-refractivity contribution in [2.45, 2.75) is 19.0 Å². The number of likely N-dealkylation sites (tertiary alicyclic amines) is 1. The lowest BCUT2D eigenvalue weighted by Crippen LogP contribution is -2.33. The zero-order valence-corrected chi connectivity index (χ0v) is 9.50. The van der Waals surface area contributed by atoms with Crippen LogP contribution >= 0.6 is 0 Å². The first kappa shape index (κ1) is 14.2. The number of alkyl halides is 3. The summed E-state index contributed by atoms with van der Waals surface area (Å²) in [6.07, 6.45) is -2.68. The number of rotatable bonds is 5. The average Bonchev–Trinajstić information content (AvgIpc) is 2.65. The van der Waals surface area contributed by atoms with Gasteiger partial charge < -0.3 is 15.4 Å². The van der Waals surface area contributed by atoms with Gasteiger partial charge >= 0.3 is 6.18 Å². The molecule has 7 heteroatoms. The molecule has 1 atom stereocenters. The third-order valence-electron chi connectivity index (χ3n) is 2.70. The summed E-state index contributed by atoms with van der Waals surface area (Å²) in [7, 11) is 0. The van der Waals surface area contributed by atoms with Gasteiger partial charge in [-0.3, -0.25) is 4.79 Å². The summed E-state index contributed by atoms with van der Waals surface area (Å²) < 4.78 is 39.7. The topological polar surface area (TPSA) is 55.6 Å². The Morgan fingerprint density at radius 1 is 1.47 bits per heavy atom. The normalized spacial score (nSPS) is 20.9. The highest BCUT2D eigenvalue weighted by molar-refractivity contribution is 5.77. The molecule has 0 saturated carbocycles. The van der Waals surface area contributed by atoms with Gasteiger partial charge in [-0.2, -0.15) is 13.2 Å². The highest BCUT2D eigenvalue weighted by Gasteiger charge is 2.29. The van der Waals surface area contributed by atoms with E-state index in [4.69, 9.17) is 5.73 Å². The summed E-state index contributed by atoms with van der Waals surface area (Å²) >= 11 is 0. The highest BCUT2D eigenvalue weighted by atomic mass is 19.4. The van der Waals surface area contributed by atoms with Gasteiger partial charge in [-0.1, -0.05) is 0 Å². The first-order chi connectivity index (χ1) is 7.92. The number of ether oxygens (including phenoxy) is 1. The molecule has 1 amide bonds. The van der Waals surface area contributed by atoms with Crippen LogP contribution in [0.5, 0.6) is 0 Å². The van der Waals surface area contributed by atoms with E-state index >= 15 is 0 Å². The van der Waals surface area contributed by atoms with Gasteiger partial charge in [0.15, 0.2) is 0 Å². The maximum Gasteiger partial charge on any atom is 0.411 e. The quantitative estimate of drug-likeness (QED) is 0.788. The van der Waals surface area contributed by atoms with Gasteiger partial charge in [0.25, 0.3) is 0 Å². The highest BCUT2D eigenvalue weighted by Crippen LogP contribution is 2.19.